The van der Waals surface area contributed by atoms with Crippen LogP contribution >= 0.6 is 0 Å². The Morgan fingerprint density at radius 1 is 1.00 bits per heavy atom. The number of amides is 1. The Morgan fingerprint density at radius 2 is 1.78 bits per heavy atom. The van der Waals surface area contributed by atoms with Crippen molar-refractivity contribution in [3.63, 3.8) is 0 Å². The molecule has 6 aromatic rings. The van der Waals surface area contributed by atoms with E-state index in [1.54, 1.807) is 32.0 Å². The third-order valence-corrected chi connectivity index (χ3v) is 10.3. The summed E-state index contributed by atoms with van der Waals surface area (Å²) in [6.07, 6.45) is 5.57. The SMILES string of the molecule is Cc1c([C@@H](C)NC(=O)c2nc(C(C)(C)C)no2)ccc(-c2cc(Nc3ccc(N4CCN(CCc5ccc(-n6ccc(=O)[nH]c6=O)cc5)C[C@@H]4C)cn3)ncn2)c1F. The first-order chi connectivity index (χ1) is 27.7. The summed E-state index contributed by atoms with van der Waals surface area (Å²) in [4.78, 5) is 61.0. The van der Waals surface area contributed by atoms with Crippen molar-refractivity contribution in [3.05, 3.63) is 134 Å². The number of piperazine rings is 1. The van der Waals surface area contributed by atoms with Crippen LogP contribution in [-0.4, -0.2) is 77.7 Å². The highest BCUT2D eigenvalue weighted by Gasteiger charge is 2.26. The molecule has 0 spiro atoms. The number of halogens is 1. The number of carbonyl (C=O) groups excluding carboxylic acids is 1. The van der Waals surface area contributed by atoms with Crippen LogP contribution in [0.2, 0.25) is 0 Å². The summed E-state index contributed by atoms with van der Waals surface area (Å²) < 4.78 is 22.5. The predicted molar refractivity (Wildman–Crippen MR) is 218 cm³/mol. The molecule has 5 heterocycles. The van der Waals surface area contributed by atoms with E-state index in [-0.39, 0.29) is 17.3 Å². The third-order valence-electron chi connectivity index (χ3n) is 10.3. The van der Waals surface area contributed by atoms with Gasteiger partial charge in [0.15, 0.2) is 5.82 Å². The molecule has 16 heteroatoms. The highest BCUT2D eigenvalue weighted by molar-refractivity contribution is 5.89. The van der Waals surface area contributed by atoms with Crippen molar-refractivity contribution in [3.8, 4) is 16.9 Å². The summed E-state index contributed by atoms with van der Waals surface area (Å²) >= 11 is 0. The molecule has 1 aliphatic heterocycles. The van der Waals surface area contributed by atoms with Gasteiger partial charge in [-0.1, -0.05) is 44.1 Å². The Balaban J connectivity index is 0.928. The largest absolute Gasteiger partial charge is 0.365 e. The normalized spacial score (nSPS) is 15.3. The van der Waals surface area contributed by atoms with Gasteiger partial charge in [-0.2, -0.15) is 4.98 Å². The van der Waals surface area contributed by atoms with E-state index in [9.17, 15) is 14.4 Å². The molecule has 1 aliphatic rings. The van der Waals surface area contributed by atoms with Crippen LogP contribution in [-0.2, 0) is 11.8 Å². The predicted octanol–water partition coefficient (Wildman–Crippen LogP) is 5.49. The molecule has 2 atom stereocenters. The van der Waals surface area contributed by atoms with E-state index in [1.807, 2.05) is 63.4 Å². The number of pyridine rings is 1. The number of nitrogens with one attached hydrogen (secondary N) is 3. The van der Waals surface area contributed by atoms with Crippen molar-refractivity contribution in [2.45, 2.75) is 65.5 Å². The standard InChI is InChI=1S/C42H46FN11O4/c1-25-23-52(17-15-28-7-9-29(10-8-28)54-18-16-36(55)49-41(54)57)19-20-53(25)30-11-14-34(44-22-30)48-35-21-33(45-24-46-35)32-13-12-31(26(2)37(32)43)27(3)47-38(56)39-50-40(51-58-39)42(4,5)6/h7-14,16,18,21-22,24-25,27H,15,17,19-20,23H2,1-6H3,(H,47,56)(H,49,55,57)(H,44,45,46,48)/t25-,27+/m0/s1. The van der Waals surface area contributed by atoms with Crippen LogP contribution in [0.5, 0.6) is 0 Å². The van der Waals surface area contributed by atoms with Gasteiger partial charge in [0.1, 0.15) is 23.8 Å². The quantitative estimate of drug-likeness (QED) is 0.151. The number of nitrogens with zero attached hydrogens (tertiary/aromatic N) is 8. The summed E-state index contributed by atoms with van der Waals surface area (Å²) in [5.74, 6) is 0.328. The smallest absolute Gasteiger partial charge is 0.332 e. The van der Waals surface area contributed by atoms with Crippen molar-refractivity contribution in [1.82, 2.24) is 44.9 Å². The Kier molecular flexibility index (Phi) is 11.3. The monoisotopic (exact) mass is 787 g/mol. The van der Waals surface area contributed by atoms with Crippen LogP contribution in [0.1, 0.15) is 73.9 Å². The molecule has 0 saturated carbocycles. The van der Waals surface area contributed by atoms with Crippen molar-refractivity contribution in [1.29, 1.82) is 0 Å². The van der Waals surface area contributed by atoms with Crippen molar-refractivity contribution in [2.75, 3.05) is 36.4 Å². The van der Waals surface area contributed by atoms with Gasteiger partial charge in [-0.3, -0.25) is 24.0 Å². The second-order valence-electron chi connectivity index (χ2n) is 15.6. The van der Waals surface area contributed by atoms with E-state index in [0.29, 0.717) is 45.5 Å². The first-order valence-electron chi connectivity index (χ1n) is 19.1. The highest BCUT2D eigenvalue weighted by Crippen LogP contribution is 2.30. The van der Waals surface area contributed by atoms with Crippen molar-refractivity contribution < 1.29 is 13.7 Å². The van der Waals surface area contributed by atoms with Crippen LogP contribution in [0.3, 0.4) is 0 Å². The molecule has 0 unspecified atom stereocenters. The minimum absolute atomic E-state index is 0.149. The molecule has 1 fully saturated rings. The minimum Gasteiger partial charge on any atom is -0.365 e. The number of aromatic nitrogens is 7. The average molecular weight is 788 g/mol. The number of carbonyl (C=O) groups is 1. The number of rotatable bonds is 11. The van der Waals surface area contributed by atoms with Crippen LogP contribution in [0.4, 0.5) is 21.7 Å². The summed E-state index contributed by atoms with van der Waals surface area (Å²) in [6, 6.07) is 17.9. The lowest BCUT2D eigenvalue weighted by atomic mass is 9.96. The summed E-state index contributed by atoms with van der Waals surface area (Å²) in [5.41, 5.74) is 3.30. The molecular weight excluding hydrogens is 742 g/mol. The summed E-state index contributed by atoms with van der Waals surface area (Å²) in [5, 5.41) is 9.95. The van der Waals surface area contributed by atoms with Crippen LogP contribution < -0.4 is 26.8 Å². The van der Waals surface area contributed by atoms with E-state index >= 15 is 4.39 Å². The number of benzene rings is 2. The second kappa shape index (κ2) is 16.5. The maximum atomic E-state index is 15.9. The summed E-state index contributed by atoms with van der Waals surface area (Å²) in [7, 11) is 0. The first-order valence-corrected chi connectivity index (χ1v) is 19.1. The van der Waals surface area contributed by atoms with Gasteiger partial charge in [0.2, 0.25) is 0 Å². The molecule has 2 aromatic carbocycles. The number of anilines is 3. The zero-order chi connectivity index (χ0) is 41.1. The number of hydrogen-bond acceptors (Lipinski definition) is 12. The van der Waals surface area contributed by atoms with E-state index in [1.165, 1.54) is 28.7 Å². The van der Waals surface area contributed by atoms with Crippen LogP contribution in [0, 0.1) is 12.7 Å². The second-order valence-corrected chi connectivity index (χ2v) is 15.6. The maximum Gasteiger partial charge on any atom is 0.332 e. The van der Waals surface area contributed by atoms with Crippen LogP contribution in [0.15, 0.2) is 93.5 Å². The fourth-order valence-electron chi connectivity index (χ4n) is 7.01. The molecule has 0 radical (unpaired) electrons. The highest BCUT2D eigenvalue weighted by atomic mass is 19.1. The molecule has 58 heavy (non-hydrogen) atoms. The van der Waals surface area contributed by atoms with Crippen molar-refractivity contribution in [2.24, 2.45) is 0 Å². The molecule has 0 aliphatic carbocycles. The molecule has 300 valence electrons. The van der Waals surface area contributed by atoms with E-state index in [2.05, 4.69) is 57.4 Å². The minimum atomic E-state index is -0.539. The lowest BCUT2D eigenvalue weighted by Crippen LogP contribution is -2.52. The van der Waals surface area contributed by atoms with Gasteiger partial charge < -0.3 is 20.1 Å². The van der Waals surface area contributed by atoms with Gasteiger partial charge in [0.05, 0.1) is 29.3 Å². The zero-order valence-electron chi connectivity index (χ0n) is 33.3. The molecule has 15 nitrogen and oxygen atoms in total. The lowest BCUT2D eigenvalue weighted by molar-refractivity contribution is 0.0895. The fourth-order valence-corrected chi connectivity index (χ4v) is 7.01. The van der Waals surface area contributed by atoms with E-state index in [0.717, 1.165) is 38.3 Å². The van der Waals surface area contributed by atoms with Gasteiger partial charge >= 0.3 is 17.5 Å². The maximum absolute atomic E-state index is 15.9. The van der Waals surface area contributed by atoms with Gasteiger partial charge in [0, 0.05) is 61.5 Å². The van der Waals surface area contributed by atoms with Gasteiger partial charge in [-0.15, -0.1) is 0 Å². The first kappa shape index (κ1) is 39.7. The molecule has 3 N–H and O–H groups in total. The van der Waals surface area contributed by atoms with E-state index in [4.69, 9.17) is 4.52 Å². The van der Waals surface area contributed by atoms with Gasteiger partial charge in [0.25, 0.3) is 5.56 Å². The number of aromatic amines is 1. The fraction of sp³-hybridized carbons (Fsp3) is 0.333. The van der Waals surface area contributed by atoms with Gasteiger partial charge in [-0.25, -0.2) is 24.1 Å². The number of H-pyrrole nitrogens is 1. The molecule has 7 rings (SSSR count). The zero-order valence-corrected chi connectivity index (χ0v) is 33.3. The Hall–Kier alpha value is -6.55. The topological polar surface area (TPSA) is 180 Å². The Labute approximate surface area is 334 Å². The molecule has 1 saturated heterocycles. The van der Waals surface area contributed by atoms with E-state index < -0.39 is 29.0 Å². The Bertz CT molecular complexity index is 2530. The molecule has 4 aromatic heterocycles. The summed E-state index contributed by atoms with van der Waals surface area (Å²) in [6.45, 7) is 15.0. The Morgan fingerprint density at radius 3 is 2.47 bits per heavy atom. The van der Waals surface area contributed by atoms with Crippen LogP contribution in [0.25, 0.3) is 16.9 Å². The molecule has 1 amide bonds. The molecule has 0 bridgehead atoms. The molecular formula is C42H46FN11O4. The number of hydrogen-bond donors (Lipinski definition) is 3. The lowest BCUT2D eigenvalue weighted by Gasteiger charge is -2.41. The third kappa shape index (κ3) is 8.86. The average Bonchev–Trinajstić information content (AvgIpc) is 3.71. The van der Waals surface area contributed by atoms with Crippen molar-refractivity contribution >= 4 is 23.2 Å². The van der Waals surface area contributed by atoms with Gasteiger partial charge in [-0.05, 0) is 74.2 Å².